The van der Waals surface area contributed by atoms with Crippen LogP contribution in [0.25, 0.3) is 0 Å². The van der Waals surface area contributed by atoms with Gasteiger partial charge in [0.15, 0.2) is 0 Å². The van der Waals surface area contributed by atoms with Gasteiger partial charge in [-0.15, -0.1) is 0 Å². The number of rotatable bonds is 6. The van der Waals surface area contributed by atoms with Crippen LogP contribution in [-0.2, 0) is 11.2 Å². The Morgan fingerprint density at radius 1 is 1.19 bits per heavy atom. The third-order valence-corrected chi connectivity index (χ3v) is 2.52. The predicted molar refractivity (Wildman–Crippen MR) is 63.8 cm³/mol. The molecule has 0 aliphatic rings. The number of aliphatic hydroxyl groups is 1. The van der Waals surface area contributed by atoms with E-state index in [9.17, 15) is 5.11 Å². The highest BCUT2D eigenvalue weighted by Gasteiger charge is 2.09. The van der Waals surface area contributed by atoms with E-state index in [1.54, 1.807) is 14.0 Å². The highest BCUT2D eigenvalue weighted by atomic mass is 16.5. The van der Waals surface area contributed by atoms with Crippen molar-refractivity contribution in [3.8, 4) is 5.75 Å². The third kappa shape index (κ3) is 4.21. The van der Waals surface area contributed by atoms with Gasteiger partial charge in [0.2, 0.25) is 0 Å². The van der Waals surface area contributed by atoms with Gasteiger partial charge in [0.05, 0.1) is 12.7 Å². The molecule has 3 heteroatoms. The fraction of sp³-hybridized carbons (Fsp3) is 0.538. The van der Waals surface area contributed by atoms with Crippen molar-refractivity contribution >= 4 is 0 Å². The zero-order chi connectivity index (χ0) is 12.0. The molecule has 1 rings (SSSR count). The van der Waals surface area contributed by atoms with Crippen LogP contribution in [0.5, 0.6) is 5.75 Å². The average molecular weight is 224 g/mol. The summed E-state index contributed by atoms with van der Waals surface area (Å²) in [5.41, 5.74) is 1.22. The Kier molecular flexibility index (Phi) is 5.29. The number of benzene rings is 1. The summed E-state index contributed by atoms with van der Waals surface area (Å²) in [6, 6.07) is 7.87. The lowest BCUT2D eigenvalue weighted by Crippen LogP contribution is -2.25. The molecule has 2 atom stereocenters. The summed E-state index contributed by atoms with van der Waals surface area (Å²) < 4.78 is 10.6. The Labute approximate surface area is 97.0 Å². The minimum Gasteiger partial charge on any atom is -0.488 e. The maximum atomic E-state index is 9.31. The first-order valence-corrected chi connectivity index (χ1v) is 5.56. The minimum absolute atomic E-state index is 0.190. The lowest BCUT2D eigenvalue weighted by Gasteiger charge is -2.17. The molecule has 16 heavy (non-hydrogen) atoms. The Balaban J connectivity index is 2.51. The Morgan fingerprint density at radius 3 is 2.31 bits per heavy atom. The molecule has 2 unspecified atom stereocenters. The number of hydrogen-bond donors (Lipinski definition) is 1. The maximum absolute atomic E-state index is 9.31. The van der Waals surface area contributed by atoms with Crippen molar-refractivity contribution in [2.75, 3.05) is 13.7 Å². The molecule has 0 bridgehead atoms. The van der Waals surface area contributed by atoms with Crippen LogP contribution in [0.3, 0.4) is 0 Å². The summed E-state index contributed by atoms with van der Waals surface area (Å²) in [6.45, 7) is 4.30. The summed E-state index contributed by atoms with van der Waals surface area (Å²) in [7, 11) is 1.70. The van der Waals surface area contributed by atoms with Gasteiger partial charge < -0.3 is 14.6 Å². The molecule has 1 aromatic rings. The SMILES string of the molecule is COCCc1ccc(OC(C)C(C)O)cc1. The Morgan fingerprint density at radius 2 is 1.81 bits per heavy atom. The molecule has 0 amide bonds. The quantitative estimate of drug-likeness (QED) is 0.803. The second kappa shape index (κ2) is 6.51. The first-order valence-electron chi connectivity index (χ1n) is 5.56. The maximum Gasteiger partial charge on any atom is 0.121 e. The van der Waals surface area contributed by atoms with Gasteiger partial charge in [-0.25, -0.2) is 0 Å². The van der Waals surface area contributed by atoms with Crippen molar-refractivity contribution in [1.29, 1.82) is 0 Å². The van der Waals surface area contributed by atoms with Gasteiger partial charge in [-0.1, -0.05) is 12.1 Å². The second-order valence-corrected chi connectivity index (χ2v) is 3.95. The molecule has 0 saturated carbocycles. The van der Waals surface area contributed by atoms with Gasteiger partial charge in [0.25, 0.3) is 0 Å². The topological polar surface area (TPSA) is 38.7 Å². The smallest absolute Gasteiger partial charge is 0.121 e. The summed E-state index contributed by atoms with van der Waals surface area (Å²) >= 11 is 0. The highest BCUT2D eigenvalue weighted by molar-refractivity contribution is 5.27. The van der Waals surface area contributed by atoms with E-state index in [1.807, 2.05) is 31.2 Å². The predicted octanol–water partition coefficient (Wildman–Crippen LogP) is 2.02. The van der Waals surface area contributed by atoms with Gasteiger partial charge in [-0.3, -0.25) is 0 Å². The van der Waals surface area contributed by atoms with E-state index in [1.165, 1.54) is 5.56 Å². The van der Waals surface area contributed by atoms with E-state index >= 15 is 0 Å². The Bertz CT molecular complexity index is 293. The van der Waals surface area contributed by atoms with Crippen LogP contribution in [0.2, 0.25) is 0 Å². The molecular weight excluding hydrogens is 204 g/mol. The van der Waals surface area contributed by atoms with Crippen LogP contribution in [0.4, 0.5) is 0 Å². The second-order valence-electron chi connectivity index (χ2n) is 3.95. The molecule has 0 saturated heterocycles. The first-order chi connectivity index (χ1) is 7.63. The molecule has 0 aliphatic heterocycles. The van der Waals surface area contributed by atoms with E-state index < -0.39 is 6.10 Å². The largest absolute Gasteiger partial charge is 0.488 e. The monoisotopic (exact) mass is 224 g/mol. The fourth-order valence-corrected chi connectivity index (χ4v) is 1.27. The van der Waals surface area contributed by atoms with Crippen LogP contribution in [0.1, 0.15) is 19.4 Å². The van der Waals surface area contributed by atoms with Crippen LogP contribution in [0, 0.1) is 0 Å². The molecule has 0 aromatic heterocycles. The molecule has 0 radical (unpaired) electrons. The van der Waals surface area contributed by atoms with Gasteiger partial charge in [0, 0.05) is 7.11 Å². The van der Waals surface area contributed by atoms with E-state index in [4.69, 9.17) is 9.47 Å². The van der Waals surface area contributed by atoms with E-state index in [2.05, 4.69) is 0 Å². The summed E-state index contributed by atoms with van der Waals surface area (Å²) in [5, 5.41) is 9.31. The molecule has 0 spiro atoms. The van der Waals surface area contributed by atoms with Crippen LogP contribution >= 0.6 is 0 Å². The molecule has 0 aliphatic carbocycles. The first kappa shape index (κ1) is 13.0. The van der Waals surface area contributed by atoms with Crippen molar-refractivity contribution in [2.45, 2.75) is 32.5 Å². The van der Waals surface area contributed by atoms with Gasteiger partial charge in [-0.05, 0) is 38.0 Å². The number of hydrogen-bond acceptors (Lipinski definition) is 3. The zero-order valence-electron chi connectivity index (χ0n) is 10.1. The van der Waals surface area contributed by atoms with Crippen LogP contribution < -0.4 is 4.74 Å². The lowest BCUT2D eigenvalue weighted by atomic mass is 10.1. The van der Waals surface area contributed by atoms with E-state index in [-0.39, 0.29) is 6.10 Å². The third-order valence-electron chi connectivity index (χ3n) is 2.52. The van der Waals surface area contributed by atoms with Crippen molar-refractivity contribution in [2.24, 2.45) is 0 Å². The molecule has 3 nitrogen and oxygen atoms in total. The lowest BCUT2D eigenvalue weighted by molar-refractivity contribution is 0.0604. The van der Waals surface area contributed by atoms with E-state index in [0.29, 0.717) is 0 Å². The van der Waals surface area contributed by atoms with E-state index in [0.717, 1.165) is 18.8 Å². The molecule has 90 valence electrons. The zero-order valence-corrected chi connectivity index (χ0v) is 10.1. The minimum atomic E-state index is -0.465. The standard InChI is InChI=1S/C13H20O3/c1-10(14)11(2)16-13-6-4-12(5-7-13)8-9-15-3/h4-7,10-11,14H,8-9H2,1-3H3. The summed E-state index contributed by atoms with van der Waals surface area (Å²) in [6.07, 6.45) is 0.251. The van der Waals surface area contributed by atoms with Crippen molar-refractivity contribution < 1.29 is 14.6 Å². The van der Waals surface area contributed by atoms with Crippen molar-refractivity contribution in [3.05, 3.63) is 29.8 Å². The average Bonchev–Trinajstić information content (AvgIpc) is 2.28. The van der Waals surface area contributed by atoms with Gasteiger partial charge in [0.1, 0.15) is 11.9 Å². The number of methoxy groups -OCH3 is 1. The molecular formula is C13H20O3. The van der Waals surface area contributed by atoms with Crippen LogP contribution in [-0.4, -0.2) is 31.0 Å². The summed E-state index contributed by atoms with van der Waals surface area (Å²) in [5.74, 6) is 0.787. The van der Waals surface area contributed by atoms with Crippen LogP contribution in [0.15, 0.2) is 24.3 Å². The summed E-state index contributed by atoms with van der Waals surface area (Å²) in [4.78, 5) is 0. The fourth-order valence-electron chi connectivity index (χ4n) is 1.27. The number of ether oxygens (including phenoxy) is 2. The number of aliphatic hydroxyl groups excluding tert-OH is 1. The highest BCUT2D eigenvalue weighted by Crippen LogP contribution is 2.15. The molecule has 0 fully saturated rings. The molecule has 1 aromatic carbocycles. The van der Waals surface area contributed by atoms with Gasteiger partial charge in [-0.2, -0.15) is 0 Å². The van der Waals surface area contributed by atoms with Gasteiger partial charge >= 0.3 is 0 Å². The molecule has 1 N–H and O–H groups in total. The molecule has 0 heterocycles. The normalized spacial score (nSPS) is 14.5. The Hall–Kier alpha value is -1.06. The van der Waals surface area contributed by atoms with Crippen molar-refractivity contribution in [3.63, 3.8) is 0 Å². The van der Waals surface area contributed by atoms with Crippen molar-refractivity contribution in [1.82, 2.24) is 0 Å².